The van der Waals surface area contributed by atoms with Gasteiger partial charge in [-0.15, -0.1) is 0 Å². The summed E-state index contributed by atoms with van der Waals surface area (Å²) in [6.07, 6.45) is 2.70. The molecule has 0 spiro atoms. The Bertz CT molecular complexity index is 331. The highest BCUT2D eigenvalue weighted by Crippen LogP contribution is 2.33. The van der Waals surface area contributed by atoms with E-state index in [0.717, 1.165) is 5.92 Å². The zero-order chi connectivity index (χ0) is 11.4. The van der Waals surface area contributed by atoms with E-state index in [9.17, 15) is 0 Å². The lowest BCUT2D eigenvalue weighted by molar-refractivity contribution is 0.358. The van der Waals surface area contributed by atoms with Gasteiger partial charge in [-0.3, -0.25) is 0 Å². The Morgan fingerprint density at radius 2 is 2.06 bits per heavy atom. The van der Waals surface area contributed by atoms with E-state index < -0.39 is 0 Å². The van der Waals surface area contributed by atoms with Gasteiger partial charge in [-0.2, -0.15) is 11.8 Å². The van der Waals surface area contributed by atoms with Crippen LogP contribution in [0.4, 0.5) is 0 Å². The van der Waals surface area contributed by atoms with Crippen LogP contribution < -0.4 is 5.32 Å². The van der Waals surface area contributed by atoms with E-state index in [2.05, 4.69) is 55.3 Å². The van der Waals surface area contributed by atoms with Gasteiger partial charge in [0.15, 0.2) is 0 Å². The van der Waals surface area contributed by atoms with Crippen molar-refractivity contribution in [2.45, 2.75) is 25.8 Å². The maximum absolute atomic E-state index is 3.51. The summed E-state index contributed by atoms with van der Waals surface area (Å²) in [4.78, 5) is 0. The fourth-order valence-corrected chi connectivity index (χ4v) is 3.73. The number of hydrogen-bond acceptors (Lipinski definition) is 2. The number of hydrogen-bond donors (Lipinski definition) is 1. The van der Waals surface area contributed by atoms with Crippen LogP contribution in [0.5, 0.6) is 0 Å². The van der Waals surface area contributed by atoms with Gasteiger partial charge in [0.25, 0.3) is 0 Å². The monoisotopic (exact) mass is 235 g/mol. The predicted molar refractivity (Wildman–Crippen MR) is 73.0 cm³/mol. The van der Waals surface area contributed by atoms with Crippen molar-refractivity contribution in [2.24, 2.45) is 5.92 Å². The van der Waals surface area contributed by atoms with E-state index >= 15 is 0 Å². The van der Waals surface area contributed by atoms with Crippen molar-refractivity contribution in [3.63, 3.8) is 0 Å². The summed E-state index contributed by atoms with van der Waals surface area (Å²) in [5, 5.41) is 3.51. The van der Waals surface area contributed by atoms with Crippen LogP contribution in [0.1, 0.15) is 30.0 Å². The van der Waals surface area contributed by atoms with Crippen molar-refractivity contribution in [1.29, 1.82) is 0 Å². The molecule has 2 heteroatoms. The molecule has 1 fully saturated rings. The quantitative estimate of drug-likeness (QED) is 0.862. The molecule has 1 aromatic carbocycles. The van der Waals surface area contributed by atoms with Gasteiger partial charge in [0.1, 0.15) is 0 Å². The smallest absolute Gasteiger partial charge is 0.0346 e. The summed E-state index contributed by atoms with van der Waals surface area (Å²) in [6, 6.07) is 9.47. The van der Waals surface area contributed by atoms with Crippen molar-refractivity contribution in [3.05, 3.63) is 35.4 Å². The fraction of sp³-hybridized carbons (Fsp3) is 0.571. The highest BCUT2D eigenvalue weighted by atomic mass is 32.2. The highest BCUT2D eigenvalue weighted by Gasteiger charge is 2.23. The van der Waals surface area contributed by atoms with Gasteiger partial charge in [0.2, 0.25) is 0 Å². The lowest BCUT2D eigenvalue weighted by Crippen LogP contribution is -2.28. The largest absolute Gasteiger partial charge is 0.313 e. The molecule has 1 unspecified atom stereocenters. The third-order valence-electron chi connectivity index (χ3n) is 3.45. The molecule has 1 saturated heterocycles. The first-order valence-corrected chi connectivity index (χ1v) is 7.28. The first-order valence-electron chi connectivity index (χ1n) is 6.13. The van der Waals surface area contributed by atoms with Crippen LogP contribution in [0.15, 0.2) is 24.3 Å². The zero-order valence-electron chi connectivity index (χ0n) is 10.2. The van der Waals surface area contributed by atoms with Crippen molar-refractivity contribution in [1.82, 2.24) is 5.32 Å². The van der Waals surface area contributed by atoms with Crippen LogP contribution in [0.3, 0.4) is 0 Å². The summed E-state index contributed by atoms with van der Waals surface area (Å²) < 4.78 is 0. The molecule has 0 radical (unpaired) electrons. The molecule has 16 heavy (non-hydrogen) atoms. The number of thioether (sulfide) groups is 1. The summed E-state index contributed by atoms with van der Waals surface area (Å²) in [5.41, 5.74) is 2.82. The van der Waals surface area contributed by atoms with Gasteiger partial charge in [-0.05, 0) is 49.8 Å². The molecule has 1 N–H and O–H groups in total. The average Bonchev–Trinajstić information content (AvgIpc) is 2.31. The number of nitrogens with one attached hydrogen (secondary N) is 1. The molecule has 0 aromatic heterocycles. The first kappa shape index (κ1) is 12.0. The van der Waals surface area contributed by atoms with Crippen LogP contribution in [0.2, 0.25) is 0 Å². The summed E-state index contributed by atoms with van der Waals surface area (Å²) in [6.45, 7) is 2.17. The van der Waals surface area contributed by atoms with E-state index in [1.165, 1.54) is 35.5 Å². The number of benzene rings is 1. The SMILES string of the molecule is CNC(c1cccc(C)c1)C1CCSCC1. The minimum atomic E-state index is 0.542. The zero-order valence-corrected chi connectivity index (χ0v) is 11.0. The Morgan fingerprint density at radius 3 is 2.69 bits per heavy atom. The lowest BCUT2D eigenvalue weighted by Gasteiger charge is -2.30. The van der Waals surface area contributed by atoms with Crippen molar-refractivity contribution < 1.29 is 0 Å². The Labute approximate surface area is 103 Å². The van der Waals surface area contributed by atoms with Crippen LogP contribution in [-0.2, 0) is 0 Å². The topological polar surface area (TPSA) is 12.0 Å². The van der Waals surface area contributed by atoms with E-state index in [4.69, 9.17) is 0 Å². The Kier molecular flexibility index (Phi) is 4.30. The van der Waals surface area contributed by atoms with Crippen LogP contribution in [0.25, 0.3) is 0 Å². The molecule has 0 bridgehead atoms. The van der Waals surface area contributed by atoms with Gasteiger partial charge in [-0.25, -0.2) is 0 Å². The molecular weight excluding hydrogens is 214 g/mol. The molecule has 1 heterocycles. The lowest BCUT2D eigenvalue weighted by atomic mass is 9.88. The third-order valence-corrected chi connectivity index (χ3v) is 4.50. The summed E-state index contributed by atoms with van der Waals surface area (Å²) >= 11 is 2.10. The molecule has 1 atom stereocenters. The summed E-state index contributed by atoms with van der Waals surface area (Å²) in [7, 11) is 2.09. The van der Waals surface area contributed by atoms with E-state index in [1.54, 1.807) is 0 Å². The average molecular weight is 235 g/mol. The predicted octanol–water partition coefficient (Wildman–Crippen LogP) is 3.40. The van der Waals surface area contributed by atoms with Gasteiger partial charge < -0.3 is 5.32 Å². The molecule has 88 valence electrons. The van der Waals surface area contributed by atoms with Crippen molar-refractivity contribution in [2.75, 3.05) is 18.6 Å². The van der Waals surface area contributed by atoms with Crippen molar-refractivity contribution in [3.8, 4) is 0 Å². The molecule has 1 aliphatic rings. The number of rotatable bonds is 3. The number of aryl methyl sites for hydroxylation is 1. The molecule has 0 amide bonds. The second kappa shape index (κ2) is 5.74. The van der Waals surface area contributed by atoms with Crippen LogP contribution in [0, 0.1) is 12.8 Å². The van der Waals surface area contributed by atoms with E-state index in [0.29, 0.717) is 6.04 Å². The molecule has 1 aromatic rings. The normalized spacial score (nSPS) is 19.6. The Morgan fingerprint density at radius 1 is 1.31 bits per heavy atom. The molecule has 0 aliphatic carbocycles. The Balaban J connectivity index is 2.14. The third kappa shape index (κ3) is 2.80. The molecule has 2 rings (SSSR count). The van der Waals surface area contributed by atoms with Crippen LogP contribution >= 0.6 is 11.8 Å². The fourth-order valence-electron chi connectivity index (χ4n) is 2.59. The highest BCUT2D eigenvalue weighted by molar-refractivity contribution is 7.99. The van der Waals surface area contributed by atoms with Crippen LogP contribution in [-0.4, -0.2) is 18.6 Å². The molecule has 1 nitrogen and oxygen atoms in total. The first-order chi connectivity index (χ1) is 7.81. The Hall–Kier alpha value is -0.470. The maximum Gasteiger partial charge on any atom is 0.0346 e. The second-order valence-corrected chi connectivity index (χ2v) is 5.86. The standard InChI is InChI=1S/C14H21NS/c1-11-4-3-5-13(10-11)14(15-2)12-6-8-16-9-7-12/h3-5,10,12,14-15H,6-9H2,1-2H3. The second-order valence-electron chi connectivity index (χ2n) is 4.63. The van der Waals surface area contributed by atoms with Gasteiger partial charge >= 0.3 is 0 Å². The molecule has 1 aliphatic heterocycles. The van der Waals surface area contributed by atoms with E-state index in [1.807, 2.05) is 0 Å². The van der Waals surface area contributed by atoms with Gasteiger partial charge in [0, 0.05) is 6.04 Å². The molecular formula is C14H21NS. The minimum Gasteiger partial charge on any atom is -0.313 e. The maximum atomic E-state index is 3.51. The molecule has 0 saturated carbocycles. The van der Waals surface area contributed by atoms with E-state index in [-0.39, 0.29) is 0 Å². The van der Waals surface area contributed by atoms with Gasteiger partial charge in [-0.1, -0.05) is 29.8 Å². The van der Waals surface area contributed by atoms with Crippen molar-refractivity contribution >= 4 is 11.8 Å². The minimum absolute atomic E-state index is 0.542. The van der Waals surface area contributed by atoms with Gasteiger partial charge in [0.05, 0.1) is 0 Å². The summed E-state index contributed by atoms with van der Waals surface area (Å²) in [5.74, 6) is 3.47.